The van der Waals surface area contributed by atoms with Crippen molar-refractivity contribution in [1.82, 2.24) is 10.2 Å². The van der Waals surface area contributed by atoms with E-state index in [4.69, 9.17) is 4.74 Å². The van der Waals surface area contributed by atoms with E-state index >= 15 is 0 Å². The molecule has 0 amide bonds. The number of likely N-dealkylation sites (N-methyl/N-ethyl adjacent to an activating group) is 2. The van der Waals surface area contributed by atoms with Crippen molar-refractivity contribution >= 4 is 21.6 Å². The highest BCUT2D eigenvalue weighted by atomic mass is 79.9. The molecule has 4 nitrogen and oxygen atoms in total. The molecular formula is C15H26BrN3O. The molecule has 0 saturated heterocycles. The SMILES string of the molecule is COCCNCc1ccc(N(C)CCN(C)C)c(Br)c1. The van der Waals surface area contributed by atoms with Gasteiger partial charge in [0.25, 0.3) is 0 Å². The van der Waals surface area contributed by atoms with E-state index in [2.05, 4.69) is 70.4 Å². The first kappa shape index (κ1) is 17.4. The van der Waals surface area contributed by atoms with E-state index in [9.17, 15) is 0 Å². The quantitative estimate of drug-likeness (QED) is 0.695. The lowest BCUT2D eigenvalue weighted by Gasteiger charge is -2.23. The lowest BCUT2D eigenvalue weighted by atomic mass is 10.2. The van der Waals surface area contributed by atoms with Gasteiger partial charge in [-0.1, -0.05) is 6.07 Å². The van der Waals surface area contributed by atoms with Crippen LogP contribution in [-0.4, -0.2) is 59.4 Å². The van der Waals surface area contributed by atoms with E-state index in [1.807, 2.05) is 0 Å². The highest BCUT2D eigenvalue weighted by Crippen LogP contribution is 2.26. The van der Waals surface area contributed by atoms with Gasteiger partial charge in [0, 0.05) is 44.8 Å². The maximum absolute atomic E-state index is 5.02. The van der Waals surface area contributed by atoms with Crippen LogP contribution in [0.3, 0.4) is 0 Å². The van der Waals surface area contributed by atoms with Crippen molar-refractivity contribution in [2.45, 2.75) is 6.54 Å². The number of ether oxygens (including phenoxy) is 1. The molecule has 0 aliphatic carbocycles. The molecule has 0 bridgehead atoms. The standard InChI is InChI=1S/C15H26BrN3O/c1-18(2)8-9-19(3)15-6-5-13(11-14(15)16)12-17-7-10-20-4/h5-6,11,17H,7-10,12H2,1-4H3. The van der Waals surface area contributed by atoms with Crippen molar-refractivity contribution in [3.8, 4) is 0 Å². The maximum atomic E-state index is 5.02. The monoisotopic (exact) mass is 343 g/mol. The Balaban J connectivity index is 2.54. The van der Waals surface area contributed by atoms with Gasteiger partial charge in [-0.15, -0.1) is 0 Å². The van der Waals surface area contributed by atoms with Crippen molar-refractivity contribution in [1.29, 1.82) is 0 Å². The molecule has 0 aliphatic rings. The van der Waals surface area contributed by atoms with Gasteiger partial charge in [0.15, 0.2) is 0 Å². The van der Waals surface area contributed by atoms with Gasteiger partial charge < -0.3 is 19.9 Å². The fraction of sp³-hybridized carbons (Fsp3) is 0.600. The van der Waals surface area contributed by atoms with E-state index in [-0.39, 0.29) is 0 Å². The Kier molecular flexibility index (Phi) is 8.14. The summed E-state index contributed by atoms with van der Waals surface area (Å²) in [5, 5.41) is 3.35. The second kappa shape index (κ2) is 9.34. The number of hydrogen-bond acceptors (Lipinski definition) is 4. The summed E-state index contributed by atoms with van der Waals surface area (Å²) >= 11 is 3.67. The molecule has 0 radical (unpaired) electrons. The molecule has 0 fully saturated rings. The van der Waals surface area contributed by atoms with Gasteiger partial charge in [-0.05, 0) is 47.7 Å². The predicted molar refractivity (Wildman–Crippen MR) is 89.5 cm³/mol. The number of nitrogens with zero attached hydrogens (tertiary/aromatic N) is 2. The Morgan fingerprint density at radius 1 is 1.20 bits per heavy atom. The minimum atomic E-state index is 0.743. The molecular weight excluding hydrogens is 318 g/mol. The fourth-order valence-electron chi connectivity index (χ4n) is 1.85. The Morgan fingerprint density at radius 3 is 2.55 bits per heavy atom. The largest absolute Gasteiger partial charge is 0.383 e. The molecule has 114 valence electrons. The number of halogens is 1. The lowest BCUT2D eigenvalue weighted by Crippen LogP contribution is -2.28. The van der Waals surface area contributed by atoms with E-state index in [1.165, 1.54) is 11.3 Å². The minimum Gasteiger partial charge on any atom is -0.383 e. The highest BCUT2D eigenvalue weighted by molar-refractivity contribution is 9.10. The van der Waals surface area contributed by atoms with E-state index in [0.717, 1.165) is 37.3 Å². The molecule has 0 saturated carbocycles. The van der Waals surface area contributed by atoms with Crippen molar-refractivity contribution < 1.29 is 4.74 Å². The first-order chi connectivity index (χ1) is 9.54. The lowest BCUT2D eigenvalue weighted by molar-refractivity contribution is 0.199. The molecule has 1 aromatic rings. The van der Waals surface area contributed by atoms with Crippen LogP contribution in [0, 0.1) is 0 Å². The van der Waals surface area contributed by atoms with E-state index < -0.39 is 0 Å². The van der Waals surface area contributed by atoms with Crippen LogP contribution in [0.1, 0.15) is 5.56 Å². The third-order valence-corrected chi connectivity index (χ3v) is 3.75. The Bertz CT molecular complexity index is 399. The van der Waals surface area contributed by atoms with Crippen LogP contribution in [0.15, 0.2) is 22.7 Å². The van der Waals surface area contributed by atoms with Crippen LogP contribution in [0.25, 0.3) is 0 Å². The Morgan fingerprint density at radius 2 is 1.95 bits per heavy atom. The third kappa shape index (κ3) is 6.22. The molecule has 0 unspecified atom stereocenters. The average Bonchev–Trinajstić information content (AvgIpc) is 2.41. The molecule has 0 spiro atoms. The molecule has 1 rings (SSSR count). The zero-order valence-corrected chi connectivity index (χ0v) is 14.5. The smallest absolute Gasteiger partial charge is 0.0587 e. The molecule has 1 N–H and O–H groups in total. The molecule has 0 atom stereocenters. The van der Waals surface area contributed by atoms with Crippen LogP contribution in [0.2, 0.25) is 0 Å². The third-order valence-electron chi connectivity index (χ3n) is 3.12. The summed E-state index contributed by atoms with van der Waals surface area (Å²) in [6.07, 6.45) is 0. The van der Waals surface area contributed by atoms with Gasteiger partial charge in [-0.3, -0.25) is 0 Å². The topological polar surface area (TPSA) is 27.7 Å². The van der Waals surface area contributed by atoms with Gasteiger partial charge in [0.05, 0.1) is 12.3 Å². The first-order valence-electron chi connectivity index (χ1n) is 6.88. The maximum Gasteiger partial charge on any atom is 0.0587 e. The van der Waals surface area contributed by atoms with Crippen LogP contribution in [0.4, 0.5) is 5.69 Å². The Labute approximate surface area is 131 Å². The van der Waals surface area contributed by atoms with Crippen molar-refractivity contribution in [3.63, 3.8) is 0 Å². The molecule has 5 heteroatoms. The van der Waals surface area contributed by atoms with Crippen LogP contribution in [-0.2, 0) is 11.3 Å². The van der Waals surface area contributed by atoms with E-state index in [1.54, 1.807) is 7.11 Å². The van der Waals surface area contributed by atoms with Crippen molar-refractivity contribution in [2.75, 3.05) is 59.4 Å². The highest BCUT2D eigenvalue weighted by Gasteiger charge is 2.07. The minimum absolute atomic E-state index is 0.743. The van der Waals surface area contributed by atoms with Crippen LogP contribution >= 0.6 is 15.9 Å². The van der Waals surface area contributed by atoms with Crippen molar-refractivity contribution in [3.05, 3.63) is 28.2 Å². The Hall–Kier alpha value is -0.620. The molecule has 0 heterocycles. The number of rotatable bonds is 9. The zero-order valence-electron chi connectivity index (χ0n) is 12.9. The van der Waals surface area contributed by atoms with E-state index in [0.29, 0.717) is 0 Å². The number of hydrogen-bond donors (Lipinski definition) is 1. The van der Waals surface area contributed by atoms with Gasteiger partial charge in [0.1, 0.15) is 0 Å². The summed E-state index contributed by atoms with van der Waals surface area (Å²) in [6, 6.07) is 6.53. The number of nitrogens with one attached hydrogen (secondary N) is 1. The molecule has 20 heavy (non-hydrogen) atoms. The summed E-state index contributed by atoms with van der Waals surface area (Å²) < 4.78 is 6.16. The van der Waals surface area contributed by atoms with Crippen LogP contribution < -0.4 is 10.2 Å². The number of benzene rings is 1. The number of methoxy groups -OCH3 is 1. The summed E-state index contributed by atoms with van der Waals surface area (Å²) in [5.41, 5.74) is 2.50. The predicted octanol–water partition coefficient (Wildman–Crippen LogP) is 2.18. The van der Waals surface area contributed by atoms with Crippen molar-refractivity contribution in [2.24, 2.45) is 0 Å². The van der Waals surface area contributed by atoms with Crippen LogP contribution in [0.5, 0.6) is 0 Å². The summed E-state index contributed by atoms with van der Waals surface area (Å²) in [7, 11) is 8.03. The first-order valence-corrected chi connectivity index (χ1v) is 7.68. The zero-order chi connectivity index (χ0) is 15.0. The second-order valence-corrected chi connectivity index (χ2v) is 6.03. The van der Waals surface area contributed by atoms with Gasteiger partial charge in [0.2, 0.25) is 0 Å². The van der Waals surface area contributed by atoms with Gasteiger partial charge in [-0.25, -0.2) is 0 Å². The summed E-state index contributed by atoms with van der Waals surface area (Å²) in [6.45, 7) is 4.54. The molecule has 0 aromatic heterocycles. The fourth-order valence-corrected chi connectivity index (χ4v) is 2.58. The summed E-state index contributed by atoms with van der Waals surface area (Å²) in [4.78, 5) is 4.46. The summed E-state index contributed by atoms with van der Waals surface area (Å²) in [5.74, 6) is 0. The van der Waals surface area contributed by atoms with Gasteiger partial charge >= 0.3 is 0 Å². The number of anilines is 1. The molecule has 0 aliphatic heterocycles. The normalized spacial score (nSPS) is 11.1. The second-order valence-electron chi connectivity index (χ2n) is 5.18. The average molecular weight is 344 g/mol. The van der Waals surface area contributed by atoms with Gasteiger partial charge in [-0.2, -0.15) is 0 Å². The molecule has 1 aromatic carbocycles.